The highest BCUT2D eigenvalue weighted by molar-refractivity contribution is 4.96. The number of allylic oxidation sites excluding steroid dienone is 1. The number of hydrogen-bond donors (Lipinski definition) is 1. The Morgan fingerprint density at radius 1 is 1.41 bits per heavy atom. The summed E-state index contributed by atoms with van der Waals surface area (Å²) in [4.78, 5) is 4.27. The fraction of sp³-hybridized carbons (Fsp3) is 0.692. The molecule has 0 bridgehead atoms. The topological polar surface area (TPSA) is 42.7 Å². The van der Waals surface area contributed by atoms with E-state index in [1.165, 1.54) is 0 Å². The lowest BCUT2D eigenvalue weighted by atomic mass is 10.3. The molecule has 1 heterocycles. The summed E-state index contributed by atoms with van der Waals surface area (Å²) in [6.07, 6.45) is 9.07. The maximum Gasteiger partial charge on any atom is 0.138 e. The molecule has 0 radical (unpaired) electrons. The normalized spacial score (nSPS) is 11.8. The van der Waals surface area contributed by atoms with Gasteiger partial charge in [0.1, 0.15) is 12.2 Å². The fourth-order valence-electron chi connectivity index (χ4n) is 1.61. The molecular weight excluding hydrogens is 212 g/mol. The molecule has 0 saturated heterocycles. The first-order valence-electron chi connectivity index (χ1n) is 6.49. The molecule has 0 aromatic carbocycles. The molecule has 0 amide bonds. The van der Waals surface area contributed by atoms with Gasteiger partial charge in [0, 0.05) is 19.0 Å². The average molecular weight is 236 g/mol. The maximum atomic E-state index is 4.27. The first-order valence-corrected chi connectivity index (χ1v) is 6.49. The van der Waals surface area contributed by atoms with Crippen LogP contribution in [0.5, 0.6) is 0 Å². The number of hydrogen-bond acceptors (Lipinski definition) is 3. The predicted molar refractivity (Wildman–Crippen MR) is 70.9 cm³/mol. The molecule has 0 atom stereocenters. The minimum absolute atomic E-state index is 0.566. The third-order valence-corrected chi connectivity index (χ3v) is 2.46. The Bertz CT molecular complexity index is 328. The molecule has 0 aliphatic rings. The van der Waals surface area contributed by atoms with E-state index in [0.717, 1.165) is 38.2 Å². The largest absolute Gasteiger partial charge is 0.314 e. The summed E-state index contributed by atoms with van der Waals surface area (Å²) in [7, 11) is 0. The molecule has 96 valence electrons. The third kappa shape index (κ3) is 5.63. The number of aromatic nitrogens is 3. The van der Waals surface area contributed by atoms with Gasteiger partial charge in [-0.05, 0) is 19.4 Å². The molecule has 4 heteroatoms. The Hall–Kier alpha value is -1.16. The van der Waals surface area contributed by atoms with Gasteiger partial charge < -0.3 is 5.32 Å². The third-order valence-electron chi connectivity index (χ3n) is 2.46. The van der Waals surface area contributed by atoms with E-state index in [1.807, 2.05) is 4.68 Å². The quantitative estimate of drug-likeness (QED) is 0.555. The van der Waals surface area contributed by atoms with Crippen LogP contribution in [0.2, 0.25) is 0 Å². The standard InChI is InChI=1S/C13H24N4/c1-4-10-17-13(15-11-16-17)8-6-5-7-9-14-12(2)3/h5-6,11-12,14H,4,7-10H2,1-3H3. The molecule has 0 unspecified atom stereocenters. The van der Waals surface area contributed by atoms with Gasteiger partial charge in [-0.25, -0.2) is 9.67 Å². The highest BCUT2D eigenvalue weighted by Crippen LogP contribution is 1.98. The van der Waals surface area contributed by atoms with Crippen LogP contribution < -0.4 is 5.32 Å². The van der Waals surface area contributed by atoms with Gasteiger partial charge in [0.2, 0.25) is 0 Å². The van der Waals surface area contributed by atoms with Gasteiger partial charge in [-0.1, -0.05) is 32.9 Å². The Morgan fingerprint density at radius 3 is 2.94 bits per heavy atom. The second kappa shape index (κ2) is 8.01. The number of nitrogens with one attached hydrogen (secondary N) is 1. The van der Waals surface area contributed by atoms with Crippen molar-refractivity contribution in [1.82, 2.24) is 20.1 Å². The molecule has 1 rings (SSSR count). The van der Waals surface area contributed by atoms with E-state index in [-0.39, 0.29) is 0 Å². The average Bonchev–Trinajstić information content (AvgIpc) is 2.71. The van der Waals surface area contributed by atoms with Gasteiger partial charge in [-0.3, -0.25) is 0 Å². The van der Waals surface area contributed by atoms with Crippen molar-refractivity contribution in [2.24, 2.45) is 0 Å². The first-order chi connectivity index (χ1) is 8.24. The van der Waals surface area contributed by atoms with Crippen LogP contribution in [-0.4, -0.2) is 27.4 Å². The molecule has 0 spiro atoms. The Kier molecular flexibility index (Phi) is 6.55. The zero-order valence-corrected chi connectivity index (χ0v) is 11.2. The first kappa shape index (κ1) is 13.9. The van der Waals surface area contributed by atoms with Crippen LogP contribution in [-0.2, 0) is 13.0 Å². The molecule has 17 heavy (non-hydrogen) atoms. The van der Waals surface area contributed by atoms with Crippen LogP contribution in [0.25, 0.3) is 0 Å². The summed E-state index contributed by atoms with van der Waals surface area (Å²) in [5.74, 6) is 1.06. The number of rotatable bonds is 8. The smallest absolute Gasteiger partial charge is 0.138 e. The minimum Gasteiger partial charge on any atom is -0.314 e. The highest BCUT2D eigenvalue weighted by atomic mass is 15.3. The van der Waals surface area contributed by atoms with E-state index in [1.54, 1.807) is 6.33 Å². The van der Waals surface area contributed by atoms with E-state index < -0.39 is 0 Å². The molecule has 0 saturated carbocycles. The fourth-order valence-corrected chi connectivity index (χ4v) is 1.61. The second-order valence-electron chi connectivity index (χ2n) is 4.47. The van der Waals surface area contributed by atoms with Gasteiger partial charge in [-0.15, -0.1) is 0 Å². The lowest BCUT2D eigenvalue weighted by Gasteiger charge is -2.05. The molecule has 1 aromatic heterocycles. The van der Waals surface area contributed by atoms with Crippen molar-refractivity contribution < 1.29 is 0 Å². The summed E-state index contributed by atoms with van der Waals surface area (Å²) in [5, 5.41) is 7.59. The minimum atomic E-state index is 0.566. The maximum absolute atomic E-state index is 4.27. The molecule has 0 aliphatic heterocycles. The summed E-state index contributed by atoms with van der Waals surface area (Å²) in [6.45, 7) is 8.47. The molecular formula is C13H24N4. The van der Waals surface area contributed by atoms with Crippen molar-refractivity contribution in [1.29, 1.82) is 0 Å². The summed E-state index contributed by atoms with van der Waals surface area (Å²) in [6, 6.07) is 0.566. The van der Waals surface area contributed by atoms with Crippen LogP contribution in [0.1, 0.15) is 39.4 Å². The van der Waals surface area contributed by atoms with Crippen molar-refractivity contribution in [2.75, 3.05) is 6.54 Å². The van der Waals surface area contributed by atoms with Crippen LogP contribution in [0.15, 0.2) is 18.5 Å². The van der Waals surface area contributed by atoms with Gasteiger partial charge in [0.25, 0.3) is 0 Å². The van der Waals surface area contributed by atoms with Crippen LogP contribution in [0, 0.1) is 0 Å². The Labute approximate surface area is 104 Å². The van der Waals surface area contributed by atoms with Crippen molar-refractivity contribution in [3.8, 4) is 0 Å². The zero-order valence-electron chi connectivity index (χ0n) is 11.2. The molecule has 1 aromatic rings. The van der Waals surface area contributed by atoms with E-state index >= 15 is 0 Å². The zero-order chi connectivity index (χ0) is 12.5. The van der Waals surface area contributed by atoms with Gasteiger partial charge >= 0.3 is 0 Å². The highest BCUT2D eigenvalue weighted by Gasteiger charge is 1.99. The van der Waals surface area contributed by atoms with E-state index in [9.17, 15) is 0 Å². The Balaban J connectivity index is 2.24. The van der Waals surface area contributed by atoms with E-state index in [0.29, 0.717) is 6.04 Å². The van der Waals surface area contributed by atoms with Crippen LogP contribution in [0.3, 0.4) is 0 Å². The second-order valence-corrected chi connectivity index (χ2v) is 4.47. The summed E-state index contributed by atoms with van der Waals surface area (Å²) in [5.41, 5.74) is 0. The molecule has 0 aliphatic carbocycles. The van der Waals surface area contributed by atoms with Gasteiger partial charge in [-0.2, -0.15) is 5.10 Å². The van der Waals surface area contributed by atoms with Crippen molar-refractivity contribution in [2.45, 2.75) is 52.6 Å². The lowest BCUT2D eigenvalue weighted by Crippen LogP contribution is -2.23. The summed E-state index contributed by atoms with van der Waals surface area (Å²) < 4.78 is 1.98. The van der Waals surface area contributed by atoms with Crippen molar-refractivity contribution in [3.05, 3.63) is 24.3 Å². The van der Waals surface area contributed by atoms with Gasteiger partial charge in [0.15, 0.2) is 0 Å². The SMILES string of the molecule is CCCn1ncnc1CC=CCCNC(C)C. The molecule has 4 nitrogen and oxygen atoms in total. The Morgan fingerprint density at radius 2 is 2.24 bits per heavy atom. The van der Waals surface area contributed by atoms with Crippen molar-refractivity contribution in [3.63, 3.8) is 0 Å². The van der Waals surface area contributed by atoms with Crippen LogP contribution >= 0.6 is 0 Å². The van der Waals surface area contributed by atoms with E-state index in [2.05, 4.69) is 48.3 Å². The molecule has 1 N–H and O–H groups in total. The number of nitrogens with zero attached hydrogens (tertiary/aromatic N) is 3. The number of aryl methyl sites for hydroxylation is 1. The van der Waals surface area contributed by atoms with Crippen LogP contribution in [0.4, 0.5) is 0 Å². The monoisotopic (exact) mass is 236 g/mol. The van der Waals surface area contributed by atoms with Gasteiger partial charge in [0.05, 0.1) is 0 Å². The van der Waals surface area contributed by atoms with E-state index in [4.69, 9.17) is 0 Å². The molecule has 0 fully saturated rings. The summed E-state index contributed by atoms with van der Waals surface area (Å²) >= 11 is 0. The van der Waals surface area contributed by atoms with Crippen molar-refractivity contribution >= 4 is 0 Å². The lowest BCUT2D eigenvalue weighted by molar-refractivity contribution is 0.576. The predicted octanol–water partition coefficient (Wildman–Crippen LogP) is 2.17.